The van der Waals surface area contributed by atoms with Crippen LogP contribution in [-0.2, 0) is 6.54 Å². The number of hydrogen-bond acceptors (Lipinski definition) is 3. The zero-order valence-corrected chi connectivity index (χ0v) is 10.6. The summed E-state index contributed by atoms with van der Waals surface area (Å²) in [4.78, 5) is 1.80. The Bertz CT molecular complexity index is 531. The fraction of sp³-hybridized carbons (Fsp3) is 0.200. The highest BCUT2D eigenvalue weighted by atomic mass is 19.1. The van der Waals surface area contributed by atoms with Crippen LogP contribution < -0.4 is 10.6 Å². The van der Waals surface area contributed by atoms with Gasteiger partial charge in [-0.15, -0.1) is 0 Å². The quantitative estimate of drug-likeness (QED) is 0.812. The molecule has 0 aliphatic carbocycles. The predicted molar refractivity (Wildman–Crippen MR) is 75.4 cm³/mol. The minimum atomic E-state index is -0.371. The van der Waals surface area contributed by atoms with E-state index in [1.165, 1.54) is 6.07 Å². The SMILES string of the molecule is Nc1ccc(N(CCO)Cc2ccccc2)c(F)c1. The fourth-order valence-electron chi connectivity index (χ4n) is 1.99. The van der Waals surface area contributed by atoms with E-state index >= 15 is 0 Å². The third-order valence-electron chi connectivity index (χ3n) is 2.90. The van der Waals surface area contributed by atoms with Gasteiger partial charge in [-0.05, 0) is 23.8 Å². The Morgan fingerprint density at radius 1 is 1.11 bits per heavy atom. The summed E-state index contributed by atoms with van der Waals surface area (Å²) in [5.41, 5.74) is 7.45. The zero-order chi connectivity index (χ0) is 13.7. The van der Waals surface area contributed by atoms with Gasteiger partial charge in [0.15, 0.2) is 0 Å². The molecule has 19 heavy (non-hydrogen) atoms. The van der Waals surface area contributed by atoms with Gasteiger partial charge in [-0.3, -0.25) is 0 Å². The molecule has 0 aliphatic heterocycles. The van der Waals surface area contributed by atoms with Crippen molar-refractivity contribution >= 4 is 11.4 Å². The van der Waals surface area contributed by atoms with Gasteiger partial charge in [0, 0.05) is 18.8 Å². The van der Waals surface area contributed by atoms with Gasteiger partial charge in [-0.1, -0.05) is 30.3 Å². The molecule has 0 unspecified atom stereocenters. The van der Waals surface area contributed by atoms with E-state index in [0.717, 1.165) is 5.56 Å². The number of aliphatic hydroxyl groups is 1. The van der Waals surface area contributed by atoms with Gasteiger partial charge in [0.05, 0.1) is 12.3 Å². The molecule has 0 aliphatic rings. The normalized spacial score (nSPS) is 10.4. The molecule has 0 aromatic heterocycles. The van der Waals surface area contributed by atoms with E-state index in [9.17, 15) is 4.39 Å². The number of rotatable bonds is 5. The minimum absolute atomic E-state index is 0.0311. The van der Waals surface area contributed by atoms with Crippen molar-refractivity contribution in [2.24, 2.45) is 0 Å². The number of halogens is 1. The number of nitrogens with zero attached hydrogens (tertiary/aromatic N) is 1. The van der Waals surface area contributed by atoms with Crippen LogP contribution in [0.15, 0.2) is 48.5 Å². The lowest BCUT2D eigenvalue weighted by molar-refractivity contribution is 0.301. The summed E-state index contributed by atoms with van der Waals surface area (Å²) in [6.45, 7) is 0.884. The lowest BCUT2D eigenvalue weighted by Crippen LogP contribution is -2.27. The van der Waals surface area contributed by atoms with Crippen LogP contribution in [0.25, 0.3) is 0 Å². The molecule has 0 radical (unpaired) electrons. The van der Waals surface area contributed by atoms with Gasteiger partial charge in [0.1, 0.15) is 5.82 Å². The molecule has 3 nitrogen and oxygen atoms in total. The summed E-state index contributed by atoms with van der Waals surface area (Å²) >= 11 is 0. The largest absolute Gasteiger partial charge is 0.399 e. The average Bonchev–Trinajstić information content (AvgIpc) is 2.39. The van der Waals surface area contributed by atoms with Gasteiger partial charge < -0.3 is 15.7 Å². The number of hydrogen-bond donors (Lipinski definition) is 2. The molecular weight excluding hydrogens is 243 g/mol. The zero-order valence-electron chi connectivity index (χ0n) is 10.6. The Kier molecular flexibility index (Phi) is 4.36. The van der Waals surface area contributed by atoms with Crippen LogP contribution in [-0.4, -0.2) is 18.3 Å². The van der Waals surface area contributed by atoms with Crippen LogP contribution in [0.3, 0.4) is 0 Å². The Hall–Kier alpha value is -2.07. The van der Waals surface area contributed by atoms with Crippen molar-refractivity contribution in [3.63, 3.8) is 0 Å². The maximum Gasteiger partial charge on any atom is 0.148 e. The lowest BCUT2D eigenvalue weighted by Gasteiger charge is -2.24. The van der Waals surface area contributed by atoms with Crippen LogP contribution in [0.2, 0.25) is 0 Å². The van der Waals surface area contributed by atoms with E-state index < -0.39 is 0 Å². The van der Waals surface area contributed by atoms with Crippen molar-refractivity contribution in [1.82, 2.24) is 0 Å². The highest BCUT2D eigenvalue weighted by molar-refractivity contribution is 5.54. The summed E-state index contributed by atoms with van der Waals surface area (Å²) < 4.78 is 13.9. The second-order valence-corrected chi connectivity index (χ2v) is 4.34. The monoisotopic (exact) mass is 260 g/mol. The van der Waals surface area contributed by atoms with E-state index in [2.05, 4.69) is 0 Å². The van der Waals surface area contributed by atoms with E-state index in [1.807, 2.05) is 30.3 Å². The van der Waals surface area contributed by atoms with Crippen molar-refractivity contribution in [1.29, 1.82) is 0 Å². The molecule has 0 saturated heterocycles. The third-order valence-corrected chi connectivity index (χ3v) is 2.90. The first-order valence-corrected chi connectivity index (χ1v) is 6.15. The molecule has 100 valence electrons. The average molecular weight is 260 g/mol. The summed E-state index contributed by atoms with van der Waals surface area (Å²) in [5, 5.41) is 9.13. The van der Waals surface area contributed by atoms with Crippen LogP contribution in [0.4, 0.5) is 15.8 Å². The standard InChI is InChI=1S/C15H17FN2O/c16-14-10-13(17)6-7-15(14)18(8-9-19)11-12-4-2-1-3-5-12/h1-7,10,19H,8-9,11,17H2. The Labute approximate surface area is 112 Å². The highest BCUT2D eigenvalue weighted by Gasteiger charge is 2.11. The second-order valence-electron chi connectivity index (χ2n) is 4.34. The highest BCUT2D eigenvalue weighted by Crippen LogP contribution is 2.23. The number of nitrogen functional groups attached to an aromatic ring is 1. The summed E-state index contributed by atoms with van der Waals surface area (Å²) in [7, 11) is 0. The number of nitrogens with two attached hydrogens (primary N) is 1. The van der Waals surface area contributed by atoms with Crippen molar-refractivity contribution in [2.45, 2.75) is 6.54 Å². The molecule has 0 spiro atoms. The number of anilines is 2. The third kappa shape index (κ3) is 3.45. The first-order valence-electron chi connectivity index (χ1n) is 6.15. The van der Waals surface area contributed by atoms with Crippen molar-refractivity contribution in [3.8, 4) is 0 Å². The second kappa shape index (κ2) is 6.20. The Balaban J connectivity index is 2.24. The molecule has 0 amide bonds. The van der Waals surface area contributed by atoms with Crippen LogP contribution >= 0.6 is 0 Å². The van der Waals surface area contributed by atoms with Gasteiger partial charge in [0.25, 0.3) is 0 Å². The van der Waals surface area contributed by atoms with Gasteiger partial charge in [-0.25, -0.2) is 4.39 Å². The molecule has 2 rings (SSSR count). The molecule has 0 atom stereocenters. The first-order chi connectivity index (χ1) is 9.20. The van der Waals surface area contributed by atoms with Crippen molar-refractivity contribution in [2.75, 3.05) is 23.8 Å². The fourth-order valence-corrected chi connectivity index (χ4v) is 1.99. The summed E-state index contributed by atoms with van der Waals surface area (Å²) in [6.07, 6.45) is 0. The van der Waals surface area contributed by atoms with Crippen molar-refractivity contribution < 1.29 is 9.50 Å². The van der Waals surface area contributed by atoms with Crippen LogP contribution in [0, 0.1) is 5.82 Å². The topological polar surface area (TPSA) is 49.5 Å². The maximum absolute atomic E-state index is 13.9. The van der Waals surface area contributed by atoms with Gasteiger partial charge in [0.2, 0.25) is 0 Å². The van der Waals surface area contributed by atoms with E-state index in [0.29, 0.717) is 24.5 Å². The molecule has 0 heterocycles. The molecule has 2 aromatic carbocycles. The number of benzene rings is 2. The molecule has 0 fully saturated rings. The first kappa shape index (κ1) is 13.4. The maximum atomic E-state index is 13.9. The van der Waals surface area contributed by atoms with Gasteiger partial charge >= 0.3 is 0 Å². The molecule has 2 aromatic rings. The molecule has 0 saturated carbocycles. The van der Waals surface area contributed by atoms with Crippen LogP contribution in [0.5, 0.6) is 0 Å². The molecule has 4 heteroatoms. The van der Waals surface area contributed by atoms with Crippen molar-refractivity contribution in [3.05, 3.63) is 59.9 Å². The van der Waals surface area contributed by atoms with Gasteiger partial charge in [-0.2, -0.15) is 0 Å². The number of aliphatic hydroxyl groups excluding tert-OH is 1. The minimum Gasteiger partial charge on any atom is -0.399 e. The Morgan fingerprint density at radius 3 is 2.47 bits per heavy atom. The molecular formula is C15H17FN2O. The van der Waals surface area contributed by atoms with E-state index in [4.69, 9.17) is 10.8 Å². The summed E-state index contributed by atoms with van der Waals surface area (Å²) in [5.74, 6) is -0.371. The Morgan fingerprint density at radius 2 is 1.84 bits per heavy atom. The van der Waals surface area contributed by atoms with Crippen LogP contribution in [0.1, 0.15) is 5.56 Å². The smallest absolute Gasteiger partial charge is 0.148 e. The molecule has 0 bridgehead atoms. The van der Waals surface area contributed by atoms with E-state index in [1.54, 1.807) is 17.0 Å². The lowest BCUT2D eigenvalue weighted by atomic mass is 10.2. The summed E-state index contributed by atoms with van der Waals surface area (Å²) in [6, 6.07) is 14.3. The molecule has 3 N–H and O–H groups in total. The predicted octanol–water partition coefficient (Wildman–Crippen LogP) is 2.41. The van der Waals surface area contributed by atoms with E-state index in [-0.39, 0.29) is 12.4 Å².